The summed E-state index contributed by atoms with van der Waals surface area (Å²) in [5.41, 5.74) is 0.874. The lowest BCUT2D eigenvalue weighted by molar-refractivity contribution is 0.0490. The van der Waals surface area contributed by atoms with Crippen molar-refractivity contribution < 1.29 is 18.7 Å². The molecule has 0 aliphatic heterocycles. The van der Waals surface area contributed by atoms with Gasteiger partial charge in [0.05, 0.1) is 6.61 Å². The van der Waals surface area contributed by atoms with Crippen LogP contribution in [0.25, 0.3) is 11.0 Å². The van der Waals surface area contributed by atoms with Crippen LogP contribution in [0.2, 0.25) is 0 Å². The van der Waals surface area contributed by atoms with Gasteiger partial charge in [0.1, 0.15) is 23.3 Å². The molecule has 0 bridgehead atoms. The summed E-state index contributed by atoms with van der Waals surface area (Å²) in [4.78, 5) is 24.2. The Balaban J connectivity index is 1.96. The SMILES string of the molecule is CCOC(=O)c1cc(=O)c2c(OCc3ccccc3Br)cccc2o1. The van der Waals surface area contributed by atoms with Gasteiger partial charge in [-0.3, -0.25) is 4.79 Å². The number of benzene rings is 2. The molecule has 2 aromatic carbocycles. The molecule has 0 N–H and O–H groups in total. The normalized spacial score (nSPS) is 10.6. The fourth-order valence-corrected chi connectivity index (χ4v) is 2.77. The van der Waals surface area contributed by atoms with Crippen molar-refractivity contribution in [1.82, 2.24) is 0 Å². The number of esters is 1. The lowest BCUT2D eigenvalue weighted by Gasteiger charge is -2.10. The van der Waals surface area contributed by atoms with Crippen molar-refractivity contribution in [2.75, 3.05) is 6.61 Å². The number of hydrogen-bond donors (Lipinski definition) is 0. The fraction of sp³-hybridized carbons (Fsp3) is 0.158. The van der Waals surface area contributed by atoms with Crippen LogP contribution in [-0.4, -0.2) is 12.6 Å². The summed E-state index contributed by atoms with van der Waals surface area (Å²) in [6.45, 7) is 2.18. The van der Waals surface area contributed by atoms with Crippen LogP contribution < -0.4 is 10.2 Å². The molecule has 0 unspecified atom stereocenters. The first-order valence-electron chi connectivity index (χ1n) is 7.70. The molecule has 5 nitrogen and oxygen atoms in total. The summed E-state index contributed by atoms with van der Waals surface area (Å²) in [7, 11) is 0. The average Bonchev–Trinajstić information content (AvgIpc) is 2.61. The zero-order valence-corrected chi connectivity index (χ0v) is 15.0. The fourth-order valence-electron chi connectivity index (χ4n) is 2.37. The van der Waals surface area contributed by atoms with E-state index in [2.05, 4.69) is 15.9 Å². The smallest absolute Gasteiger partial charge is 0.374 e. The molecule has 25 heavy (non-hydrogen) atoms. The highest BCUT2D eigenvalue weighted by Gasteiger charge is 2.16. The standard InChI is InChI=1S/C19H15BrO5/c1-2-23-19(22)17-10-14(21)18-15(8-5-9-16(18)25-17)24-11-12-6-3-4-7-13(12)20/h3-10H,2,11H2,1H3. The van der Waals surface area contributed by atoms with E-state index in [1.807, 2.05) is 24.3 Å². The molecule has 128 valence electrons. The van der Waals surface area contributed by atoms with Gasteiger partial charge in [0.15, 0.2) is 5.43 Å². The van der Waals surface area contributed by atoms with Gasteiger partial charge < -0.3 is 13.9 Å². The molecule has 0 amide bonds. The van der Waals surface area contributed by atoms with Gasteiger partial charge in [-0.05, 0) is 25.1 Å². The second-order valence-corrected chi connectivity index (χ2v) is 6.06. The topological polar surface area (TPSA) is 65.7 Å². The first-order chi connectivity index (χ1) is 12.1. The summed E-state index contributed by atoms with van der Waals surface area (Å²) in [5.74, 6) is -0.388. The molecule has 0 spiro atoms. The number of carbonyl (C=O) groups is 1. The molecule has 0 radical (unpaired) electrons. The van der Waals surface area contributed by atoms with Gasteiger partial charge in [-0.2, -0.15) is 0 Å². The third-order valence-corrected chi connectivity index (χ3v) is 4.31. The van der Waals surface area contributed by atoms with Crippen molar-refractivity contribution in [2.24, 2.45) is 0 Å². The minimum atomic E-state index is -0.666. The Morgan fingerprint density at radius 2 is 1.96 bits per heavy atom. The Hall–Kier alpha value is -2.60. The zero-order valence-electron chi connectivity index (χ0n) is 13.5. The predicted octanol–water partition coefficient (Wildman–Crippen LogP) is 4.31. The Morgan fingerprint density at radius 3 is 2.72 bits per heavy atom. The molecule has 1 aromatic heterocycles. The van der Waals surface area contributed by atoms with Crippen molar-refractivity contribution in [3.05, 3.63) is 74.6 Å². The Bertz CT molecular complexity index is 977. The molecule has 6 heteroatoms. The molecule has 0 aliphatic carbocycles. The monoisotopic (exact) mass is 402 g/mol. The van der Waals surface area contributed by atoms with E-state index in [9.17, 15) is 9.59 Å². The maximum absolute atomic E-state index is 12.5. The number of ether oxygens (including phenoxy) is 2. The van der Waals surface area contributed by atoms with E-state index >= 15 is 0 Å². The highest BCUT2D eigenvalue weighted by Crippen LogP contribution is 2.25. The largest absolute Gasteiger partial charge is 0.488 e. The van der Waals surface area contributed by atoms with E-state index < -0.39 is 5.97 Å². The predicted molar refractivity (Wildman–Crippen MR) is 96.9 cm³/mol. The molecular formula is C19H15BrO5. The highest BCUT2D eigenvalue weighted by molar-refractivity contribution is 9.10. The van der Waals surface area contributed by atoms with E-state index in [0.717, 1.165) is 16.1 Å². The van der Waals surface area contributed by atoms with Crippen LogP contribution >= 0.6 is 15.9 Å². The van der Waals surface area contributed by atoms with Gasteiger partial charge in [0.2, 0.25) is 5.76 Å². The Labute approximate surface area is 152 Å². The third-order valence-electron chi connectivity index (χ3n) is 3.53. The lowest BCUT2D eigenvalue weighted by Crippen LogP contribution is -2.11. The third kappa shape index (κ3) is 3.74. The summed E-state index contributed by atoms with van der Waals surface area (Å²) in [6.07, 6.45) is 0. The van der Waals surface area contributed by atoms with E-state index in [-0.39, 0.29) is 23.4 Å². The van der Waals surface area contributed by atoms with Crippen LogP contribution in [0.3, 0.4) is 0 Å². The van der Waals surface area contributed by atoms with Crippen LogP contribution in [0, 0.1) is 0 Å². The van der Waals surface area contributed by atoms with Gasteiger partial charge in [-0.25, -0.2) is 4.79 Å². The first kappa shape index (κ1) is 17.2. The van der Waals surface area contributed by atoms with E-state index in [1.54, 1.807) is 25.1 Å². The number of hydrogen-bond acceptors (Lipinski definition) is 5. The van der Waals surface area contributed by atoms with Crippen molar-refractivity contribution in [1.29, 1.82) is 0 Å². The second kappa shape index (κ2) is 7.53. The van der Waals surface area contributed by atoms with Crippen molar-refractivity contribution in [3.63, 3.8) is 0 Å². The number of halogens is 1. The van der Waals surface area contributed by atoms with Crippen molar-refractivity contribution in [3.8, 4) is 5.75 Å². The average molecular weight is 403 g/mol. The maximum atomic E-state index is 12.5. The molecule has 3 aromatic rings. The van der Waals surface area contributed by atoms with Gasteiger partial charge in [0, 0.05) is 16.1 Å². The van der Waals surface area contributed by atoms with Gasteiger partial charge in [-0.1, -0.05) is 40.2 Å². The molecule has 0 saturated heterocycles. The number of rotatable bonds is 5. The minimum absolute atomic E-state index is 0.123. The summed E-state index contributed by atoms with van der Waals surface area (Å²) in [6, 6.07) is 13.8. The number of fused-ring (bicyclic) bond motifs is 1. The first-order valence-corrected chi connectivity index (χ1v) is 8.49. The molecule has 0 aliphatic rings. The lowest BCUT2D eigenvalue weighted by atomic mass is 10.2. The molecule has 0 fully saturated rings. The Kier molecular flexibility index (Phi) is 5.19. The van der Waals surface area contributed by atoms with Crippen LogP contribution in [0.4, 0.5) is 0 Å². The zero-order chi connectivity index (χ0) is 17.8. The molecular weight excluding hydrogens is 388 g/mol. The van der Waals surface area contributed by atoms with E-state index in [1.165, 1.54) is 0 Å². The summed E-state index contributed by atoms with van der Waals surface area (Å²) in [5, 5.41) is 0.294. The molecule has 0 saturated carbocycles. The van der Waals surface area contributed by atoms with Crippen LogP contribution in [0.1, 0.15) is 23.0 Å². The van der Waals surface area contributed by atoms with Crippen molar-refractivity contribution >= 4 is 32.9 Å². The van der Waals surface area contributed by atoms with Crippen LogP contribution in [0.5, 0.6) is 5.75 Å². The minimum Gasteiger partial charge on any atom is -0.488 e. The van der Waals surface area contributed by atoms with E-state index in [4.69, 9.17) is 13.9 Å². The molecule has 0 atom stereocenters. The van der Waals surface area contributed by atoms with Gasteiger partial charge in [0.25, 0.3) is 0 Å². The highest BCUT2D eigenvalue weighted by atomic mass is 79.9. The quantitative estimate of drug-likeness (QED) is 0.594. The Morgan fingerprint density at radius 1 is 1.16 bits per heavy atom. The van der Waals surface area contributed by atoms with Crippen molar-refractivity contribution in [2.45, 2.75) is 13.5 Å². The molecule has 1 heterocycles. The number of carbonyl (C=O) groups excluding carboxylic acids is 1. The van der Waals surface area contributed by atoms with Gasteiger partial charge in [-0.15, -0.1) is 0 Å². The maximum Gasteiger partial charge on any atom is 0.374 e. The second-order valence-electron chi connectivity index (χ2n) is 5.20. The van der Waals surface area contributed by atoms with Crippen LogP contribution in [-0.2, 0) is 11.3 Å². The summed E-state index contributed by atoms with van der Waals surface area (Å²) < 4.78 is 17.1. The van der Waals surface area contributed by atoms with Gasteiger partial charge >= 0.3 is 5.97 Å². The molecule has 3 rings (SSSR count). The summed E-state index contributed by atoms with van der Waals surface area (Å²) >= 11 is 3.46. The van der Waals surface area contributed by atoms with Crippen LogP contribution in [0.15, 0.2) is 62.2 Å². The van der Waals surface area contributed by atoms with E-state index in [0.29, 0.717) is 17.7 Å².